The van der Waals surface area contributed by atoms with Gasteiger partial charge in [0.05, 0.1) is 26.0 Å². The Morgan fingerprint density at radius 2 is 2.30 bits per heavy atom. The quantitative estimate of drug-likeness (QED) is 0.907. The number of ether oxygens (including phenoxy) is 1. The van der Waals surface area contributed by atoms with E-state index in [-0.39, 0.29) is 5.91 Å². The van der Waals surface area contributed by atoms with Crippen molar-refractivity contribution in [2.75, 3.05) is 32.1 Å². The van der Waals surface area contributed by atoms with Gasteiger partial charge in [0.1, 0.15) is 0 Å². The number of aromatic nitrogens is 2. The second-order valence-corrected chi connectivity index (χ2v) is 5.84. The number of fused-ring (bicyclic) bond motifs is 1. The minimum atomic E-state index is -0.0574. The molecule has 2 heterocycles. The number of hydrogen-bond donors (Lipinski definition) is 1. The van der Waals surface area contributed by atoms with Crippen LogP contribution in [0, 0.1) is 0 Å². The van der Waals surface area contributed by atoms with Crippen molar-refractivity contribution in [2.45, 2.75) is 19.6 Å². The van der Waals surface area contributed by atoms with E-state index in [4.69, 9.17) is 4.74 Å². The van der Waals surface area contributed by atoms with Crippen molar-refractivity contribution in [1.29, 1.82) is 0 Å². The molecular formula is C17H22N4O2. The molecule has 1 amide bonds. The summed E-state index contributed by atoms with van der Waals surface area (Å²) in [5, 5.41) is 7.34. The minimum Gasteiger partial charge on any atom is -0.378 e. The van der Waals surface area contributed by atoms with Crippen LogP contribution in [0.25, 0.3) is 0 Å². The van der Waals surface area contributed by atoms with E-state index in [0.29, 0.717) is 25.3 Å². The smallest absolute Gasteiger partial charge is 0.251 e. The highest BCUT2D eigenvalue weighted by atomic mass is 16.5. The van der Waals surface area contributed by atoms with E-state index in [9.17, 15) is 4.79 Å². The largest absolute Gasteiger partial charge is 0.378 e. The number of carbonyl (C=O) groups is 1. The van der Waals surface area contributed by atoms with E-state index in [0.717, 1.165) is 24.3 Å². The first-order chi connectivity index (χ1) is 11.1. The molecule has 1 aromatic carbocycles. The molecule has 0 bridgehead atoms. The molecule has 3 rings (SSSR count). The summed E-state index contributed by atoms with van der Waals surface area (Å²) in [7, 11) is 3.92. The molecule has 0 fully saturated rings. The van der Waals surface area contributed by atoms with Gasteiger partial charge < -0.3 is 15.0 Å². The average molecular weight is 314 g/mol. The van der Waals surface area contributed by atoms with Crippen molar-refractivity contribution in [3.8, 4) is 0 Å². The average Bonchev–Trinajstić information content (AvgIpc) is 2.98. The zero-order valence-electron chi connectivity index (χ0n) is 13.6. The fraction of sp³-hybridized carbons (Fsp3) is 0.412. The molecular weight excluding hydrogens is 292 g/mol. The van der Waals surface area contributed by atoms with Crippen LogP contribution in [0.3, 0.4) is 0 Å². The molecule has 6 nitrogen and oxygen atoms in total. The standard InChI is InChI=1S/C17H22N4O2/c1-20(2)15-5-3-4-13(10-15)17(22)18-7-8-21-16-6-9-23-12-14(16)11-19-21/h3-5,10-11H,6-9,12H2,1-2H3,(H,18,22). The van der Waals surface area contributed by atoms with E-state index in [1.54, 1.807) is 0 Å². The van der Waals surface area contributed by atoms with Crippen LogP contribution in [0.15, 0.2) is 30.5 Å². The third-order valence-corrected chi connectivity index (χ3v) is 4.01. The fourth-order valence-electron chi connectivity index (χ4n) is 2.71. The van der Waals surface area contributed by atoms with Gasteiger partial charge >= 0.3 is 0 Å². The van der Waals surface area contributed by atoms with Crippen molar-refractivity contribution in [3.63, 3.8) is 0 Å². The molecule has 23 heavy (non-hydrogen) atoms. The number of benzene rings is 1. The lowest BCUT2D eigenvalue weighted by molar-refractivity contribution is 0.0950. The third kappa shape index (κ3) is 3.53. The maximum atomic E-state index is 12.3. The van der Waals surface area contributed by atoms with E-state index in [2.05, 4.69) is 10.4 Å². The summed E-state index contributed by atoms with van der Waals surface area (Å²) >= 11 is 0. The highest BCUT2D eigenvalue weighted by Gasteiger charge is 2.15. The van der Waals surface area contributed by atoms with Gasteiger partial charge in [0.2, 0.25) is 0 Å². The molecule has 0 saturated heterocycles. The van der Waals surface area contributed by atoms with Gasteiger partial charge in [0.15, 0.2) is 0 Å². The van der Waals surface area contributed by atoms with Crippen LogP contribution in [-0.4, -0.2) is 42.9 Å². The lowest BCUT2D eigenvalue weighted by atomic mass is 10.1. The van der Waals surface area contributed by atoms with Crippen molar-refractivity contribution >= 4 is 11.6 Å². The maximum absolute atomic E-state index is 12.3. The molecule has 0 atom stereocenters. The van der Waals surface area contributed by atoms with Crippen LogP contribution in [-0.2, 0) is 24.3 Å². The molecule has 0 unspecified atom stereocenters. The summed E-state index contributed by atoms with van der Waals surface area (Å²) in [6, 6.07) is 7.60. The van der Waals surface area contributed by atoms with Gasteiger partial charge in [-0.3, -0.25) is 9.48 Å². The van der Waals surface area contributed by atoms with Crippen molar-refractivity contribution in [1.82, 2.24) is 15.1 Å². The number of rotatable bonds is 5. The second kappa shape index (κ2) is 6.83. The summed E-state index contributed by atoms with van der Waals surface area (Å²) < 4.78 is 7.38. The molecule has 1 aromatic heterocycles. The first-order valence-corrected chi connectivity index (χ1v) is 7.82. The predicted octanol–water partition coefficient (Wildman–Crippen LogP) is 1.45. The van der Waals surface area contributed by atoms with Crippen LogP contribution in [0.5, 0.6) is 0 Å². The zero-order chi connectivity index (χ0) is 16.2. The Hall–Kier alpha value is -2.34. The Bertz CT molecular complexity index is 694. The maximum Gasteiger partial charge on any atom is 0.251 e. The monoisotopic (exact) mass is 314 g/mol. The molecule has 1 N–H and O–H groups in total. The highest BCUT2D eigenvalue weighted by molar-refractivity contribution is 5.95. The van der Waals surface area contributed by atoms with Gasteiger partial charge in [-0.25, -0.2) is 0 Å². The van der Waals surface area contributed by atoms with Gasteiger partial charge in [0.25, 0.3) is 5.91 Å². The fourth-order valence-corrected chi connectivity index (χ4v) is 2.71. The SMILES string of the molecule is CN(C)c1cccc(C(=O)NCCn2ncc3c2CCOC3)c1. The number of amides is 1. The first-order valence-electron chi connectivity index (χ1n) is 7.82. The summed E-state index contributed by atoms with van der Waals surface area (Å²) in [6.07, 6.45) is 2.74. The van der Waals surface area contributed by atoms with Gasteiger partial charge in [-0.2, -0.15) is 5.10 Å². The van der Waals surface area contributed by atoms with E-state index < -0.39 is 0 Å². The van der Waals surface area contributed by atoms with E-state index in [1.165, 1.54) is 5.69 Å². The number of carbonyl (C=O) groups excluding carboxylic acids is 1. The van der Waals surface area contributed by atoms with Gasteiger partial charge in [-0.1, -0.05) is 6.07 Å². The molecule has 2 aromatic rings. The Balaban J connectivity index is 1.57. The number of nitrogens with zero attached hydrogens (tertiary/aromatic N) is 3. The zero-order valence-corrected chi connectivity index (χ0v) is 13.6. The number of nitrogens with one attached hydrogen (secondary N) is 1. The van der Waals surface area contributed by atoms with Gasteiger partial charge in [-0.15, -0.1) is 0 Å². The second-order valence-electron chi connectivity index (χ2n) is 5.84. The van der Waals surface area contributed by atoms with Crippen molar-refractivity contribution in [2.24, 2.45) is 0 Å². The molecule has 0 saturated carbocycles. The normalized spacial score (nSPS) is 13.5. The number of hydrogen-bond acceptors (Lipinski definition) is 4. The minimum absolute atomic E-state index is 0.0574. The van der Waals surface area contributed by atoms with Crippen LogP contribution < -0.4 is 10.2 Å². The summed E-state index contributed by atoms with van der Waals surface area (Å²) in [4.78, 5) is 14.2. The topological polar surface area (TPSA) is 59.4 Å². The van der Waals surface area contributed by atoms with Crippen LogP contribution in [0.2, 0.25) is 0 Å². The first kappa shape index (κ1) is 15.6. The summed E-state index contributed by atoms with van der Waals surface area (Å²) in [5.41, 5.74) is 4.06. The molecule has 0 spiro atoms. The Kier molecular flexibility index (Phi) is 4.62. The van der Waals surface area contributed by atoms with E-state index >= 15 is 0 Å². The number of anilines is 1. The molecule has 122 valence electrons. The van der Waals surface area contributed by atoms with Crippen molar-refractivity contribution < 1.29 is 9.53 Å². The molecule has 0 aliphatic carbocycles. The predicted molar refractivity (Wildman–Crippen MR) is 88.7 cm³/mol. The van der Waals surface area contributed by atoms with Crippen LogP contribution in [0.4, 0.5) is 5.69 Å². The Morgan fingerprint density at radius 3 is 3.13 bits per heavy atom. The molecule has 0 radical (unpaired) electrons. The molecule has 6 heteroatoms. The molecule has 1 aliphatic rings. The summed E-state index contributed by atoms with van der Waals surface area (Å²) in [6.45, 7) is 2.61. The van der Waals surface area contributed by atoms with Gasteiger partial charge in [0, 0.05) is 49.6 Å². The van der Waals surface area contributed by atoms with Crippen LogP contribution in [0.1, 0.15) is 21.6 Å². The Labute approximate surface area is 136 Å². The van der Waals surface area contributed by atoms with Gasteiger partial charge in [-0.05, 0) is 18.2 Å². The lowest BCUT2D eigenvalue weighted by Gasteiger charge is -2.15. The summed E-state index contributed by atoms with van der Waals surface area (Å²) in [5.74, 6) is -0.0574. The lowest BCUT2D eigenvalue weighted by Crippen LogP contribution is -2.28. The van der Waals surface area contributed by atoms with Crippen molar-refractivity contribution in [3.05, 3.63) is 47.3 Å². The van der Waals surface area contributed by atoms with Crippen LogP contribution >= 0.6 is 0 Å². The van der Waals surface area contributed by atoms with E-state index in [1.807, 2.05) is 54.1 Å². The highest BCUT2D eigenvalue weighted by Crippen LogP contribution is 2.16. The molecule has 1 aliphatic heterocycles. The Morgan fingerprint density at radius 1 is 1.43 bits per heavy atom. The third-order valence-electron chi connectivity index (χ3n) is 4.01.